The third kappa shape index (κ3) is 3.21. The Balaban J connectivity index is 3.72. The van der Waals surface area contributed by atoms with Gasteiger partial charge in [0, 0.05) is 6.54 Å². The van der Waals surface area contributed by atoms with Crippen LogP contribution in [0.1, 0.15) is 6.92 Å². The minimum absolute atomic E-state index is 0.0969. The van der Waals surface area contributed by atoms with Crippen LogP contribution >= 0.6 is 0 Å². The molecule has 0 aliphatic heterocycles. The van der Waals surface area contributed by atoms with Gasteiger partial charge in [-0.2, -0.15) is 0 Å². The molecule has 0 rings (SSSR count). The molecule has 0 aliphatic rings. The van der Waals surface area contributed by atoms with Crippen molar-refractivity contribution in [3.8, 4) is 0 Å². The van der Waals surface area contributed by atoms with Crippen LogP contribution in [0.25, 0.3) is 0 Å². The summed E-state index contributed by atoms with van der Waals surface area (Å²) in [6, 6.07) is 0. The van der Waals surface area contributed by atoms with E-state index in [-0.39, 0.29) is 6.54 Å². The highest BCUT2D eigenvalue weighted by molar-refractivity contribution is 5.64. The topological polar surface area (TPSA) is 40.5 Å². The predicted octanol–water partition coefficient (Wildman–Crippen LogP) is 1.25. The number of rotatable bonds is 3. The number of amides is 1. The van der Waals surface area contributed by atoms with Crippen LogP contribution in [0.5, 0.6) is 0 Å². The third-order valence-corrected chi connectivity index (χ3v) is 1.01. The van der Waals surface area contributed by atoms with Crippen molar-refractivity contribution in [1.29, 1.82) is 0 Å². The minimum Gasteiger partial charge on any atom is -0.465 e. The van der Waals surface area contributed by atoms with Crippen LogP contribution in [-0.2, 0) is 0 Å². The Morgan fingerprint density at radius 1 is 1.70 bits per heavy atom. The number of alkyl halides is 2. The Morgan fingerprint density at radius 3 is 2.30 bits per heavy atom. The number of halogens is 2. The SMILES string of the molecule is CCN(CC(F)F)C(=O)O. The largest absolute Gasteiger partial charge is 0.465 e. The van der Waals surface area contributed by atoms with E-state index in [1.807, 2.05) is 0 Å². The molecule has 0 aromatic carbocycles. The maximum atomic E-state index is 11.5. The van der Waals surface area contributed by atoms with Gasteiger partial charge >= 0.3 is 6.09 Å². The van der Waals surface area contributed by atoms with Gasteiger partial charge in [-0.25, -0.2) is 13.6 Å². The zero-order chi connectivity index (χ0) is 8.15. The average Bonchev–Trinajstić information content (AvgIpc) is 1.81. The zero-order valence-electron chi connectivity index (χ0n) is 5.55. The van der Waals surface area contributed by atoms with Crippen LogP contribution in [0.2, 0.25) is 0 Å². The van der Waals surface area contributed by atoms with Crippen molar-refractivity contribution >= 4 is 6.09 Å². The quantitative estimate of drug-likeness (QED) is 0.662. The Kier molecular flexibility index (Phi) is 3.68. The van der Waals surface area contributed by atoms with Crippen molar-refractivity contribution in [2.45, 2.75) is 13.3 Å². The lowest BCUT2D eigenvalue weighted by Gasteiger charge is -2.15. The molecule has 0 saturated heterocycles. The van der Waals surface area contributed by atoms with Crippen molar-refractivity contribution in [1.82, 2.24) is 4.90 Å². The third-order valence-electron chi connectivity index (χ3n) is 1.01. The first-order valence-electron chi connectivity index (χ1n) is 2.84. The van der Waals surface area contributed by atoms with Gasteiger partial charge < -0.3 is 10.0 Å². The van der Waals surface area contributed by atoms with Crippen LogP contribution in [0.3, 0.4) is 0 Å². The molecule has 1 N–H and O–H groups in total. The summed E-state index contributed by atoms with van der Waals surface area (Å²) >= 11 is 0. The molecule has 3 nitrogen and oxygen atoms in total. The fourth-order valence-electron chi connectivity index (χ4n) is 0.509. The van der Waals surface area contributed by atoms with Gasteiger partial charge in [-0.3, -0.25) is 0 Å². The number of nitrogens with zero attached hydrogens (tertiary/aromatic N) is 1. The molecular weight excluding hydrogens is 144 g/mol. The molecule has 0 atom stereocenters. The second-order valence-electron chi connectivity index (χ2n) is 1.71. The van der Waals surface area contributed by atoms with Gasteiger partial charge in [-0.05, 0) is 6.92 Å². The number of hydrogen-bond acceptors (Lipinski definition) is 1. The van der Waals surface area contributed by atoms with Gasteiger partial charge in [0.1, 0.15) is 0 Å². The minimum atomic E-state index is -2.59. The standard InChI is InChI=1S/C5H9F2NO2/c1-2-8(5(9)10)3-4(6)7/h4H,2-3H2,1H3,(H,9,10). The molecule has 1 amide bonds. The molecule has 0 aliphatic carbocycles. The molecule has 10 heavy (non-hydrogen) atoms. The van der Waals surface area contributed by atoms with Crippen LogP contribution in [0.4, 0.5) is 13.6 Å². The van der Waals surface area contributed by atoms with Gasteiger partial charge in [-0.15, -0.1) is 0 Å². The van der Waals surface area contributed by atoms with Crippen molar-refractivity contribution in [3.05, 3.63) is 0 Å². The van der Waals surface area contributed by atoms with E-state index in [0.29, 0.717) is 4.90 Å². The molecular formula is C5H9F2NO2. The molecule has 0 bridgehead atoms. The molecule has 0 heterocycles. The molecule has 0 aromatic heterocycles. The normalized spacial score (nSPS) is 10.0. The van der Waals surface area contributed by atoms with Crippen LogP contribution < -0.4 is 0 Å². The van der Waals surface area contributed by atoms with Crippen molar-refractivity contribution in [3.63, 3.8) is 0 Å². The van der Waals surface area contributed by atoms with Gasteiger partial charge in [0.05, 0.1) is 6.54 Å². The number of carboxylic acid groups (broad SMARTS) is 1. The molecule has 0 aromatic rings. The summed E-state index contributed by atoms with van der Waals surface area (Å²) in [5, 5.41) is 8.21. The highest BCUT2D eigenvalue weighted by Crippen LogP contribution is 1.97. The molecule has 0 unspecified atom stereocenters. The lowest BCUT2D eigenvalue weighted by atomic mass is 10.5. The summed E-state index contributed by atoms with van der Waals surface area (Å²) in [5.74, 6) is 0. The number of hydrogen-bond donors (Lipinski definition) is 1. The summed E-state index contributed by atoms with van der Waals surface area (Å²) in [5.41, 5.74) is 0. The highest BCUT2D eigenvalue weighted by atomic mass is 19.3. The fraction of sp³-hybridized carbons (Fsp3) is 0.800. The Labute approximate surface area is 57.2 Å². The van der Waals surface area contributed by atoms with Crippen LogP contribution in [0, 0.1) is 0 Å². The van der Waals surface area contributed by atoms with E-state index in [1.54, 1.807) is 0 Å². The van der Waals surface area contributed by atoms with Crippen LogP contribution in [-0.4, -0.2) is 35.6 Å². The summed E-state index contributed by atoms with van der Waals surface area (Å²) in [4.78, 5) is 10.7. The first-order valence-corrected chi connectivity index (χ1v) is 2.84. The maximum absolute atomic E-state index is 11.5. The van der Waals surface area contributed by atoms with E-state index in [2.05, 4.69) is 0 Å². The van der Waals surface area contributed by atoms with Gasteiger partial charge in [0.15, 0.2) is 0 Å². The van der Waals surface area contributed by atoms with E-state index in [0.717, 1.165) is 0 Å². The molecule has 0 fully saturated rings. The predicted molar refractivity (Wildman–Crippen MR) is 31.3 cm³/mol. The van der Waals surface area contributed by atoms with Gasteiger partial charge in [0.25, 0.3) is 6.43 Å². The summed E-state index contributed by atoms with van der Waals surface area (Å²) in [7, 11) is 0. The van der Waals surface area contributed by atoms with Gasteiger partial charge in [-0.1, -0.05) is 0 Å². The highest BCUT2D eigenvalue weighted by Gasteiger charge is 2.14. The number of carbonyl (C=O) groups is 1. The molecule has 5 heteroatoms. The first kappa shape index (κ1) is 9.13. The van der Waals surface area contributed by atoms with E-state index >= 15 is 0 Å². The monoisotopic (exact) mass is 153 g/mol. The van der Waals surface area contributed by atoms with E-state index < -0.39 is 19.1 Å². The van der Waals surface area contributed by atoms with E-state index in [9.17, 15) is 13.6 Å². The fourth-order valence-corrected chi connectivity index (χ4v) is 0.509. The van der Waals surface area contributed by atoms with Crippen molar-refractivity contribution in [2.24, 2.45) is 0 Å². The van der Waals surface area contributed by atoms with Crippen molar-refractivity contribution < 1.29 is 18.7 Å². The van der Waals surface area contributed by atoms with E-state index in [4.69, 9.17) is 5.11 Å². The second-order valence-corrected chi connectivity index (χ2v) is 1.71. The molecule has 0 radical (unpaired) electrons. The van der Waals surface area contributed by atoms with Gasteiger partial charge in [0.2, 0.25) is 0 Å². The molecule has 0 spiro atoms. The lowest BCUT2D eigenvalue weighted by Crippen LogP contribution is -2.33. The average molecular weight is 153 g/mol. The first-order chi connectivity index (χ1) is 4.57. The Hall–Kier alpha value is -0.870. The Morgan fingerprint density at radius 2 is 2.20 bits per heavy atom. The Bertz CT molecular complexity index is 118. The van der Waals surface area contributed by atoms with Crippen LogP contribution in [0.15, 0.2) is 0 Å². The smallest absolute Gasteiger partial charge is 0.407 e. The lowest BCUT2D eigenvalue weighted by molar-refractivity contribution is 0.0820. The molecule has 0 saturated carbocycles. The summed E-state index contributed by atoms with van der Waals surface area (Å²) < 4.78 is 23.1. The second kappa shape index (κ2) is 4.03. The van der Waals surface area contributed by atoms with Crippen molar-refractivity contribution in [2.75, 3.05) is 13.1 Å². The summed E-state index contributed by atoms with van der Waals surface area (Å²) in [6.45, 7) is 0.905. The van der Waals surface area contributed by atoms with E-state index in [1.165, 1.54) is 6.92 Å². The zero-order valence-corrected chi connectivity index (χ0v) is 5.55. The summed E-state index contributed by atoms with van der Waals surface area (Å²) in [6.07, 6.45) is -3.89. The maximum Gasteiger partial charge on any atom is 0.407 e. The molecule has 60 valence electrons.